The number of aromatic nitrogens is 1. The van der Waals surface area contributed by atoms with E-state index in [4.69, 9.17) is 5.11 Å². The number of carbonyl (C=O) groups excluding carboxylic acids is 1. The average Bonchev–Trinajstić information content (AvgIpc) is 3.20. The number of benzene rings is 1. The molecule has 1 fully saturated rings. The van der Waals surface area contributed by atoms with E-state index in [0.29, 0.717) is 5.56 Å². The number of aliphatic carboxylic acids is 1. The van der Waals surface area contributed by atoms with E-state index in [1.807, 2.05) is 24.4 Å². The summed E-state index contributed by atoms with van der Waals surface area (Å²) in [5, 5.41) is 12.0. The molecule has 0 saturated carbocycles. The van der Waals surface area contributed by atoms with Crippen molar-refractivity contribution in [1.29, 1.82) is 0 Å². The Bertz CT molecular complexity index is 793. The predicted octanol–water partition coefficient (Wildman–Crippen LogP) is 3.38. The molecule has 0 bridgehead atoms. The fourth-order valence-corrected chi connectivity index (χ4v) is 4.14. The van der Waals surface area contributed by atoms with Crippen LogP contribution in [-0.2, 0) is 10.5 Å². The lowest BCUT2D eigenvalue weighted by molar-refractivity contribution is -0.149. The topological polar surface area (TPSA) is 70.5 Å². The van der Waals surface area contributed by atoms with Crippen LogP contribution in [0.25, 0.3) is 0 Å². The van der Waals surface area contributed by atoms with Crippen LogP contribution < -0.4 is 0 Å². The molecule has 1 aromatic carbocycles. The van der Waals surface area contributed by atoms with Crippen LogP contribution in [0, 0.1) is 6.92 Å². The second-order valence-electron chi connectivity index (χ2n) is 5.92. The molecule has 8 heteroatoms. The SMILES string of the molecule is Cc1nc(CSc2ccc(C(=O)N3CCC(F)(C(=O)O)C3)cc2)cs1. The number of amides is 1. The minimum absolute atomic E-state index is 0.112. The van der Waals surface area contributed by atoms with Crippen molar-refractivity contribution < 1.29 is 19.1 Å². The van der Waals surface area contributed by atoms with Gasteiger partial charge in [0.2, 0.25) is 5.67 Å². The van der Waals surface area contributed by atoms with Gasteiger partial charge in [0.25, 0.3) is 5.91 Å². The fourth-order valence-electron chi connectivity index (χ4n) is 2.63. The molecule has 25 heavy (non-hydrogen) atoms. The van der Waals surface area contributed by atoms with Crippen molar-refractivity contribution in [3.63, 3.8) is 0 Å². The summed E-state index contributed by atoms with van der Waals surface area (Å²) in [7, 11) is 0. The molecule has 1 saturated heterocycles. The third-order valence-corrected chi connectivity index (χ3v) is 5.91. The lowest BCUT2D eigenvalue weighted by atomic mass is 10.1. The van der Waals surface area contributed by atoms with Gasteiger partial charge in [-0.25, -0.2) is 14.2 Å². The minimum atomic E-state index is -2.34. The van der Waals surface area contributed by atoms with Gasteiger partial charge in [0.05, 0.1) is 17.2 Å². The molecule has 1 unspecified atom stereocenters. The van der Waals surface area contributed by atoms with Gasteiger partial charge in [0.15, 0.2) is 0 Å². The maximum atomic E-state index is 14.1. The summed E-state index contributed by atoms with van der Waals surface area (Å²) in [6.07, 6.45) is -0.172. The number of thiazole rings is 1. The van der Waals surface area contributed by atoms with Crippen molar-refractivity contribution in [3.8, 4) is 0 Å². The van der Waals surface area contributed by atoms with E-state index in [-0.39, 0.29) is 18.9 Å². The van der Waals surface area contributed by atoms with Gasteiger partial charge in [-0.3, -0.25) is 4.79 Å². The Labute approximate surface area is 152 Å². The highest BCUT2D eigenvalue weighted by molar-refractivity contribution is 7.98. The standard InChI is InChI=1S/C17H17FN2O3S2/c1-11-19-13(8-24-11)9-25-14-4-2-12(3-5-14)15(21)20-7-6-17(18,10-20)16(22)23/h2-5,8H,6-7,9-10H2,1H3,(H,22,23). The second kappa shape index (κ2) is 7.13. The zero-order valence-corrected chi connectivity index (χ0v) is 15.2. The molecule has 3 rings (SSSR count). The first-order chi connectivity index (χ1) is 11.9. The number of aryl methyl sites for hydroxylation is 1. The normalized spacial score (nSPS) is 20.0. The summed E-state index contributed by atoms with van der Waals surface area (Å²) in [6.45, 7) is 1.68. The molecule has 0 spiro atoms. The maximum Gasteiger partial charge on any atom is 0.343 e. The average molecular weight is 380 g/mol. The van der Waals surface area contributed by atoms with Crippen molar-refractivity contribution in [1.82, 2.24) is 9.88 Å². The molecule has 1 aliphatic rings. The number of likely N-dealkylation sites (tertiary alicyclic amines) is 1. The Morgan fingerprint density at radius 1 is 1.40 bits per heavy atom. The summed E-state index contributed by atoms with van der Waals surface area (Å²) >= 11 is 3.24. The smallest absolute Gasteiger partial charge is 0.343 e. The van der Waals surface area contributed by atoms with Crippen molar-refractivity contribution in [3.05, 3.63) is 45.9 Å². The summed E-state index contributed by atoms with van der Waals surface area (Å²) in [5.41, 5.74) is -0.877. The molecule has 1 aromatic heterocycles. The van der Waals surface area contributed by atoms with Gasteiger partial charge >= 0.3 is 5.97 Å². The molecule has 1 aliphatic heterocycles. The summed E-state index contributed by atoms with van der Waals surface area (Å²) in [5.74, 6) is -1.09. The lowest BCUT2D eigenvalue weighted by Crippen LogP contribution is -2.38. The fraction of sp³-hybridized carbons (Fsp3) is 0.353. The molecule has 2 heterocycles. The van der Waals surface area contributed by atoms with Gasteiger partial charge in [-0.1, -0.05) is 0 Å². The first-order valence-electron chi connectivity index (χ1n) is 7.73. The number of hydrogen-bond acceptors (Lipinski definition) is 5. The van der Waals surface area contributed by atoms with E-state index in [1.54, 1.807) is 35.2 Å². The number of carboxylic acid groups (broad SMARTS) is 1. The zero-order chi connectivity index (χ0) is 18.0. The molecular weight excluding hydrogens is 363 g/mol. The first-order valence-corrected chi connectivity index (χ1v) is 9.59. The number of alkyl halides is 1. The summed E-state index contributed by atoms with van der Waals surface area (Å²) in [6, 6.07) is 7.06. The van der Waals surface area contributed by atoms with Crippen LogP contribution in [-0.4, -0.2) is 45.6 Å². The molecule has 0 aliphatic carbocycles. The molecule has 0 radical (unpaired) electrons. The zero-order valence-electron chi connectivity index (χ0n) is 13.6. The molecule has 1 N–H and O–H groups in total. The van der Waals surface area contributed by atoms with Crippen LogP contribution in [0.5, 0.6) is 0 Å². The van der Waals surface area contributed by atoms with E-state index in [2.05, 4.69) is 4.98 Å². The van der Waals surface area contributed by atoms with Gasteiger partial charge in [0, 0.05) is 34.6 Å². The molecule has 5 nitrogen and oxygen atoms in total. The number of carbonyl (C=O) groups is 2. The second-order valence-corrected chi connectivity index (χ2v) is 8.03. The van der Waals surface area contributed by atoms with Crippen LogP contribution in [0.15, 0.2) is 34.5 Å². The summed E-state index contributed by atoms with van der Waals surface area (Å²) in [4.78, 5) is 30.0. The van der Waals surface area contributed by atoms with Gasteiger partial charge in [-0.05, 0) is 31.2 Å². The molecule has 2 aromatic rings. The lowest BCUT2D eigenvalue weighted by Gasteiger charge is -2.17. The summed E-state index contributed by atoms with van der Waals surface area (Å²) < 4.78 is 14.1. The Balaban J connectivity index is 1.60. The number of carboxylic acids is 1. The van der Waals surface area contributed by atoms with Crippen LogP contribution >= 0.6 is 23.1 Å². The highest BCUT2D eigenvalue weighted by Crippen LogP contribution is 2.28. The van der Waals surface area contributed by atoms with Crippen LogP contribution in [0.3, 0.4) is 0 Å². The van der Waals surface area contributed by atoms with Crippen molar-refractivity contribution >= 4 is 35.0 Å². The largest absolute Gasteiger partial charge is 0.479 e. The Morgan fingerprint density at radius 2 is 2.12 bits per heavy atom. The van der Waals surface area contributed by atoms with Gasteiger partial charge in [0.1, 0.15) is 0 Å². The number of rotatable bonds is 5. The first kappa shape index (κ1) is 17.9. The van der Waals surface area contributed by atoms with E-state index in [1.165, 1.54) is 4.90 Å². The van der Waals surface area contributed by atoms with Crippen molar-refractivity contribution in [2.45, 2.75) is 29.7 Å². The maximum absolute atomic E-state index is 14.1. The predicted molar refractivity (Wildman–Crippen MR) is 94.8 cm³/mol. The Morgan fingerprint density at radius 3 is 2.68 bits per heavy atom. The number of nitrogens with zero attached hydrogens (tertiary/aromatic N) is 2. The van der Waals surface area contributed by atoms with E-state index in [9.17, 15) is 14.0 Å². The van der Waals surface area contributed by atoms with Crippen LogP contribution in [0.4, 0.5) is 4.39 Å². The van der Waals surface area contributed by atoms with E-state index < -0.39 is 18.2 Å². The van der Waals surface area contributed by atoms with E-state index >= 15 is 0 Å². The monoisotopic (exact) mass is 380 g/mol. The van der Waals surface area contributed by atoms with Gasteiger partial charge in [-0.15, -0.1) is 23.1 Å². The third-order valence-electron chi connectivity index (χ3n) is 4.04. The minimum Gasteiger partial charge on any atom is -0.479 e. The van der Waals surface area contributed by atoms with Gasteiger partial charge < -0.3 is 10.0 Å². The van der Waals surface area contributed by atoms with Crippen molar-refractivity contribution in [2.75, 3.05) is 13.1 Å². The number of thioether (sulfide) groups is 1. The van der Waals surface area contributed by atoms with Crippen LogP contribution in [0.2, 0.25) is 0 Å². The molecule has 1 amide bonds. The Kier molecular flexibility index (Phi) is 5.10. The highest BCUT2D eigenvalue weighted by atomic mass is 32.2. The highest BCUT2D eigenvalue weighted by Gasteiger charge is 2.46. The van der Waals surface area contributed by atoms with Gasteiger partial charge in [-0.2, -0.15) is 0 Å². The van der Waals surface area contributed by atoms with E-state index in [0.717, 1.165) is 21.3 Å². The van der Waals surface area contributed by atoms with Crippen molar-refractivity contribution in [2.24, 2.45) is 0 Å². The number of halogens is 1. The third kappa shape index (κ3) is 4.01. The molecule has 132 valence electrons. The number of hydrogen-bond donors (Lipinski definition) is 1. The Hall–Kier alpha value is -1.93. The van der Waals surface area contributed by atoms with Crippen LogP contribution in [0.1, 0.15) is 27.5 Å². The molecular formula is C17H17FN2O3S2. The molecule has 1 atom stereocenters. The quantitative estimate of drug-likeness (QED) is 0.805.